The van der Waals surface area contributed by atoms with E-state index in [0.29, 0.717) is 6.42 Å². The maximum atomic E-state index is 10.9. The second kappa shape index (κ2) is 15.8. The van der Waals surface area contributed by atoms with Crippen molar-refractivity contribution in [2.75, 3.05) is 13.7 Å². The molecule has 0 aromatic carbocycles. The van der Waals surface area contributed by atoms with Gasteiger partial charge in [0.2, 0.25) is 0 Å². The number of esters is 1. The summed E-state index contributed by atoms with van der Waals surface area (Å²) in [6.07, 6.45) is 13.9. The van der Waals surface area contributed by atoms with Crippen molar-refractivity contribution in [1.29, 1.82) is 0 Å². The molecule has 21 heavy (non-hydrogen) atoms. The molecule has 0 radical (unpaired) electrons. The van der Waals surface area contributed by atoms with Crippen molar-refractivity contribution in [2.24, 2.45) is 0 Å². The van der Waals surface area contributed by atoms with Crippen molar-refractivity contribution >= 4 is 5.97 Å². The van der Waals surface area contributed by atoms with E-state index in [1.807, 2.05) is 0 Å². The highest BCUT2D eigenvalue weighted by Gasteiger charge is 2.01. The van der Waals surface area contributed by atoms with Crippen molar-refractivity contribution in [2.45, 2.75) is 89.6 Å². The van der Waals surface area contributed by atoms with Gasteiger partial charge in [0.15, 0.2) is 0 Å². The fourth-order valence-corrected chi connectivity index (χ4v) is 2.43. The molecule has 1 unspecified atom stereocenters. The highest BCUT2D eigenvalue weighted by atomic mass is 16.5. The van der Waals surface area contributed by atoms with Crippen LogP contribution in [0.2, 0.25) is 0 Å². The number of carbonyl (C=O) groups is 1. The largest absolute Gasteiger partial charge is 0.469 e. The van der Waals surface area contributed by atoms with Crippen LogP contribution in [-0.2, 0) is 9.53 Å². The van der Waals surface area contributed by atoms with Gasteiger partial charge in [-0.3, -0.25) is 4.79 Å². The molecule has 0 saturated heterocycles. The SMILES string of the molecule is COC(=O)CCCCCCCCCCCCCC(O)CO. The normalized spacial score (nSPS) is 12.3. The van der Waals surface area contributed by atoms with Gasteiger partial charge in [-0.15, -0.1) is 0 Å². The summed E-state index contributed by atoms with van der Waals surface area (Å²) in [5.41, 5.74) is 0. The average Bonchev–Trinajstić information content (AvgIpc) is 2.51. The first-order valence-electron chi connectivity index (χ1n) is 8.56. The Balaban J connectivity index is 3.04. The van der Waals surface area contributed by atoms with Crippen LogP contribution in [0, 0.1) is 0 Å². The predicted molar refractivity (Wildman–Crippen MR) is 85.1 cm³/mol. The summed E-state index contributed by atoms with van der Waals surface area (Å²) in [5, 5.41) is 17.9. The first kappa shape index (κ1) is 20.4. The zero-order chi connectivity index (χ0) is 15.8. The van der Waals surface area contributed by atoms with E-state index in [-0.39, 0.29) is 12.6 Å². The van der Waals surface area contributed by atoms with E-state index < -0.39 is 6.10 Å². The number of aliphatic hydroxyl groups excluding tert-OH is 2. The fraction of sp³-hybridized carbons (Fsp3) is 0.941. The van der Waals surface area contributed by atoms with Crippen LogP contribution in [0.3, 0.4) is 0 Å². The molecule has 0 rings (SSSR count). The third kappa shape index (κ3) is 15.6. The molecule has 0 aliphatic carbocycles. The lowest BCUT2D eigenvalue weighted by Crippen LogP contribution is -2.10. The molecule has 0 aliphatic heterocycles. The molecule has 0 heterocycles. The van der Waals surface area contributed by atoms with E-state index in [0.717, 1.165) is 32.1 Å². The van der Waals surface area contributed by atoms with E-state index in [2.05, 4.69) is 4.74 Å². The Morgan fingerprint density at radius 3 is 1.71 bits per heavy atom. The van der Waals surface area contributed by atoms with Gasteiger partial charge >= 0.3 is 5.97 Å². The molecule has 0 spiro atoms. The van der Waals surface area contributed by atoms with E-state index >= 15 is 0 Å². The monoisotopic (exact) mass is 302 g/mol. The Hall–Kier alpha value is -0.610. The molecule has 4 heteroatoms. The summed E-state index contributed by atoms with van der Waals surface area (Å²) in [5.74, 6) is -0.0958. The summed E-state index contributed by atoms with van der Waals surface area (Å²) in [6, 6.07) is 0. The molecule has 0 saturated carbocycles. The van der Waals surface area contributed by atoms with E-state index in [1.165, 1.54) is 52.1 Å². The maximum Gasteiger partial charge on any atom is 0.305 e. The Morgan fingerprint density at radius 1 is 0.857 bits per heavy atom. The Kier molecular flexibility index (Phi) is 15.3. The number of ether oxygens (including phenoxy) is 1. The van der Waals surface area contributed by atoms with Crippen LogP contribution < -0.4 is 0 Å². The van der Waals surface area contributed by atoms with Crippen molar-refractivity contribution < 1.29 is 19.7 Å². The van der Waals surface area contributed by atoms with Crippen LogP contribution in [-0.4, -0.2) is 36.0 Å². The lowest BCUT2D eigenvalue weighted by Gasteiger charge is -2.06. The zero-order valence-electron chi connectivity index (χ0n) is 13.7. The Labute approximate surface area is 129 Å². The van der Waals surface area contributed by atoms with Gasteiger partial charge in [-0.25, -0.2) is 0 Å². The summed E-state index contributed by atoms with van der Waals surface area (Å²) in [7, 11) is 1.44. The van der Waals surface area contributed by atoms with Crippen LogP contribution in [0.4, 0.5) is 0 Å². The van der Waals surface area contributed by atoms with Gasteiger partial charge in [-0.1, -0.05) is 64.2 Å². The van der Waals surface area contributed by atoms with Gasteiger partial charge in [-0.05, 0) is 12.8 Å². The standard InChI is InChI=1S/C17H34O4/c1-21-17(20)14-12-10-8-6-4-2-3-5-7-9-11-13-16(19)15-18/h16,18-19H,2-15H2,1H3. The Morgan fingerprint density at radius 2 is 1.29 bits per heavy atom. The molecular formula is C17H34O4. The van der Waals surface area contributed by atoms with Crippen LogP contribution in [0.25, 0.3) is 0 Å². The van der Waals surface area contributed by atoms with E-state index in [4.69, 9.17) is 5.11 Å². The number of carbonyl (C=O) groups excluding carboxylic acids is 1. The van der Waals surface area contributed by atoms with Gasteiger partial charge in [-0.2, -0.15) is 0 Å². The van der Waals surface area contributed by atoms with Gasteiger partial charge < -0.3 is 14.9 Å². The summed E-state index contributed by atoms with van der Waals surface area (Å²) >= 11 is 0. The van der Waals surface area contributed by atoms with Gasteiger partial charge in [0, 0.05) is 6.42 Å². The number of rotatable bonds is 15. The first-order chi connectivity index (χ1) is 10.2. The highest BCUT2D eigenvalue weighted by molar-refractivity contribution is 5.68. The molecule has 0 aromatic heterocycles. The number of aliphatic hydroxyl groups is 2. The quantitative estimate of drug-likeness (QED) is 0.358. The van der Waals surface area contributed by atoms with Crippen molar-refractivity contribution in [3.05, 3.63) is 0 Å². The van der Waals surface area contributed by atoms with Gasteiger partial charge in [0.25, 0.3) is 0 Å². The van der Waals surface area contributed by atoms with Crippen LogP contribution in [0.15, 0.2) is 0 Å². The number of hydrogen-bond acceptors (Lipinski definition) is 4. The summed E-state index contributed by atoms with van der Waals surface area (Å²) in [4.78, 5) is 10.9. The van der Waals surface area contributed by atoms with Crippen molar-refractivity contribution in [3.8, 4) is 0 Å². The molecule has 0 fully saturated rings. The molecule has 0 bridgehead atoms. The molecule has 2 N–H and O–H groups in total. The summed E-state index contributed by atoms with van der Waals surface area (Å²) < 4.78 is 4.60. The van der Waals surface area contributed by atoms with Crippen LogP contribution >= 0.6 is 0 Å². The second-order valence-electron chi connectivity index (χ2n) is 5.84. The Bertz CT molecular complexity index is 231. The predicted octanol–water partition coefficient (Wildman–Crippen LogP) is 3.58. The molecule has 1 atom stereocenters. The minimum absolute atomic E-state index is 0.0958. The maximum absolute atomic E-state index is 10.9. The minimum Gasteiger partial charge on any atom is -0.469 e. The van der Waals surface area contributed by atoms with Crippen molar-refractivity contribution in [3.63, 3.8) is 0 Å². The average molecular weight is 302 g/mol. The lowest BCUT2D eigenvalue weighted by molar-refractivity contribution is -0.140. The first-order valence-corrected chi connectivity index (χ1v) is 8.56. The topological polar surface area (TPSA) is 66.8 Å². The minimum atomic E-state index is -0.524. The van der Waals surface area contributed by atoms with E-state index in [9.17, 15) is 9.90 Å². The number of methoxy groups -OCH3 is 1. The molecule has 0 amide bonds. The van der Waals surface area contributed by atoms with Crippen LogP contribution in [0.5, 0.6) is 0 Å². The second-order valence-corrected chi connectivity index (χ2v) is 5.84. The molecule has 0 aliphatic rings. The third-order valence-electron chi connectivity index (χ3n) is 3.86. The van der Waals surface area contributed by atoms with Crippen molar-refractivity contribution in [1.82, 2.24) is 0 Å². The van der Waals surface area contributed by atoms with Gasteiger partial charge in [0.1, 0.15) is 0 Å². The number of unbranched alkanes of at least 4 members (excludes halogenated alkanes) is 10. The molecule has 126 valence electrons. The lowest BCUT2D eigenvalue weighted by atomic mass is 10.0. The highest BCUT2D eigenvalue weighted by Crippen LogP contribution is 2.13. The summed E-state index contributed by atoms with van der Waals surface area (Å²) in [6.45, 7) is -0.111. The third-order valence-corrected chi connectivity index (χ3v) is 3.86. The number of hydrogen-bond donors (Lipinski definition) is 2. The molecule has 0 aromatic rings. The molecule has 4 nitrogen and oxygen atoms in total. The fourth-order valence-electron chi connectivity index (χ4n) is 2.43. The smallest absolute Gasteiger partial charge is 0.305 e. The van der Waals surface area contributed by atoms with Crippen LogP contribution in [0.1, 0.15) is 83.5 Å². The van der Waals surface area contributed by atoms with Gasteiger partial charge in [0.05, 0.1) is 19.8 Å². The van der Waals surface area contributed by atoms with E-state index in [1.54, 1.807) is 0 Å². The molecular weight excluding hydrogens is 268 g/mol. The zero-order valence-corrected chi connectivity index (χ0v) is 13.7.